The van der Waals surface area contributed by atoms with Crippen LogP contribution in [0.1, 0.15) is 0 Å². The normalized spacial score (nSPS) is 9.33. The van der Waals surface area contributed by atoms with Gasteiger partial charge in [0.2, 0.25) is 0 Å². The summed E-state index contributed by atoms with van der Waals surface area (Å²) in [5, 5.41) is 2.36. The van der Waals surface area contributed by atoms with E-state index in [0.29, 0.717) is 0 Å². The van der Waals surface area contributed by atoms with Crippen LogP contribution in [0.5, 0.6) is 0 Å². The molecule has 0 saturated carbocycles. The van der Waals surface area contributed by atoms with Crippen LogP contribution in [-0.4, -0.2) is 15.1 Å². The fourth-order valence-electron chi connectivity index (χ4n) is 0.635. The van der Waals surface area contributed by atoms with Gasteiger partial charge in [-0.3, -0.25) is 9.78 Å². The standard InChI is InChI=1S/C5H6N4O2S/c6-4(12)8-2-1-7-5(11)9-3(2)10/h1H,(H3,6,8,12)(H2,7,9,10,11). The van der Waals surface area contributed by atoms with E-state index in [1.54, 1.807) is 0 Å². The Balaban J connectivity index is 3.10. The Morgan fingerprint density at radius 3 is 2.75 bits per heavy atom. The molecule has 0 unspecified atom stereocenters. The number of nitrogens with two attached hydrogens (primary N) is 1. The molecule has 0 bridgehead atoms. The Morgan fingerprint density at radius 1 is 1.58 bits per heavy atom. The van der Waals surface area contributed by atoms with E-state index in [2.05, 4.69) is 22.5 Å². The van der Waals surface area contributed by atoms with Gasteiger partial charge in [0.15, 0.2) is 5.11 Å². The lowest BCUT2D eigenvalue weighted by molar-refractivity contribution is 1.04. The molecule has 1 heterocycles. The van der Waals surface area contributed by atoms with E-state index in [0.717, 1.165) is 0 Å². The third-order valence-electron chi connectivity index (χ3n) is 1.08. The highest BCUT2D eigenvalue weighted by Crippen LogP contribution is 1.89. The molecule has 5 N–H and O–H groups in total. The molecule has 0 aromatic carbocycles. The summed E-state index contributed by atoms with van der Waals surface area (Å²) in [5.41, 5.74) is 4.08. The summed E-state index contributed by atoms with van der Waals surface area (Å²) in [6.45, 7) is 0. The SMILES string of the molecule is NC(=S)Nc1c[nH]c(=O)[nH]c1=O. The van der Waals surface area contributed by atoms with Crippen molar-refractivity contribution >= 4 is 23.0 Å². The second-order valence-electron chi connectivity index (χ2n) is 1.97. The van der Waals surface area contributed by atoms with Crippen molar-refractivity contribution in [1.29, 1.82) is 0 Å². The van der Waals surface area contributed by atoms with Crippen molar-refractivity contribution in [2.45, 2.75) is 0 Å². The molecule has 0 fully saturated rings. The van der Waals surface area contributed by atoms with Crippen LogP contribution in [0.4, 0.5) is 5.69 Å². The third-order valence-corrected chi connectivity index (χ3v) is 1.18. The van der Waals surface area contributed by atoms with Gasteiger partial charge in [-0.15, -0.1) is 0 Å². The van der Waals surface area contributed by atoms with E-state index < -0.39 is 11.2 Å². The minimum Gasteiger partial charge on any atom is -0.376 e. The lowest BCUT2D eigenvalue weighted by atomic mass is 10.5. The zero-order valence-electron chi connectivity index (χ0n) is 5.88. The topological polar surface area (TPSA) is 104 Å². The number of aromatic nitrogens is 2. The van der Waals surface area contributed by atoms with Crippen molar-refractivity contribution < 1.29 is 0 Å². The molecule has 1 rings (SSSR count). The summed E-state index contributed by atoms with van der Waals surface area (Å²) in [7, 11) is 0. The quantitative estimate of drug-likeness (QED) is 0.409. The first kappa shape index (κ1) is 8.47. The Bertz CT molecular complexity index is 406. The van der Waals surface area contributed by atoms with Gasteiger partial charge >= 0.3 is 5.69 Å². The summed E-state index contributed by atoms with van der Waals surface area (Å²) in [6, 6.07) is 0. The fourth-order valence-corrected chi connectivity index (χ4v) is 0.745. The van der Waals surface area contributed by atoms with Crippen LogP contribution in [-0.2, 0) is 0 Å². The fraction of sp³-hybridized carbons (Fsp3) is 0. The number of anilines is 1. The number of hydrogen-bond acceptors (Lipinski definition) is 3. The predicted molar refractivity (Wildman–Crippen MR) is 48.1 cm³/mol. The molecule has 0 atom stereocenters. The number of H-pyrrole nitrogens is 2. The number of rotatable bonds is 1. The first-order valence-electron chi connectivity index (χ1n) is 2.98. The molecule has 0 aliphatic rings. The van der Waals surface area contributed by atoms with Crippen LogP contribution in [0.15, 0.2) is 15.8 Å². The smallest absolute Gasteiger partial charge is 0.325 e. The predicted octanol–water partition coefficient (Wildman–Crippen LogP) is -1.28. The Hall–Kier alpha value is -1.63. The molecule has 0 amide bonds. The van der Waals surface area contributed by atoms with Crippen LogP contribution in [0.3, 0.4) is 0 Å². The van der Waals surface area contributed by atoms with E-state index in [1.165, 1.54) is 6.20 Å². The van der Waals surface area contributed by atoms with Crippen LogP contribution in [0, 0.1) is 0 Å². The van der Waals surface area contributed by atoms with Gasteiger partial charge in [-0.1, -0.05) is 0 Å². The summed E-state index contributed by atoms with van der Waals surface area (Å²) in [6.07, 6.45) is 1.19. The highest BCUT2D eigenvalue weighted by Gasteiger charge is 1.98. The number of thiocarbonyl (C=S) groups is 1. The van der Waals surface area contributed by atoms with Crippen LogP contribution in [0.25, 0.3) is 0 Å². The van der Waals surface area contributed by atoms with Crippen molar-refractivity contribution in [2.24, 2.45) is 5.73 Å². The molecule has 6 nitrogen and oxygen atoms in total. The molecule has 0 aliphatic heterocycles. The van der Waals surface area contributed by atoms with Gasteiger partial charge in [0.25, 0.3) is 5.56 Å². The molecule has 0 spiro atoms. The van der Waals surface area contributed by atoms with Crippen molar-refractivity contribution in [2.75, 3.05) is 5.32 Å². The molecule has 12 heavy (non-hydrogen) atoms. The highest BCUT2D eigenvalue weighted by atomic mass is 32.1. The third kappa shape index (κ3) is 1.92. The molecule has 0 radical (unpaired) electrons. The molecule has 1 aromatic rings. The van der Waals surface area contributed by atoms with E-state index >= 15 is 0 Å². The Labute approximate surface area is 71.8 Å². The maximum Gasteiger partial charge on any atom is 0.325 e. The maximum atomic E-state index is 10.9. The van der Waals surface area contributed by atoms with E-state index in [1.807, 2.05) is 4.98 Å². The molecular formula is C5H6N4O2S. The second kappa shape index (κ2) is 3.18. The summed E-state index contributed by atoms with van der Waals surface area (Å²) < 4.78 is 0. The van der Waals surface area contributed by atoms with E-state index in [9.17, 15) is 9.59 Å². The average molecular weight is 186 g/mol. The van der Waals surface area contributed by atoms with Crippen molar-refractivity contribution in [3.8, 4) is 0 Å². The van der Waals surface area contributed by atoms with E-state index in [4.69, 9.17) is 5.73 Å². The summed E-state index contributed by atoms with van der Waals surface area (Å²) in [5.74, 6) is 0. The summed E-state index contributed by atoms with van der Waals surface area (Å²) in [4.78, 5) is 25.7. The lowest BCUT2D eigenvalue weighted by Gasteiger charge is -1.99. The van der Waals surface area contributed by atoms with Gasteiger partial charge in [-0.2, -0.15) is 0 Å². The van der Waals surface area contributed by atoms with Crippen LogP contribution in [0.2, 0.25) is 0 Å². The summed E-state index contributed by atoms with van der Waals surface area (Å²) >= 11 is 4.49. The molecular weight excluding hydrogens is 180 g/mol. The van der Waals surface area contributed by atoms with Crippen LogP contribution < -0.4 is 22.3 Å². The monoisotopic (exact) mass is 186 g/mol. The van der Waals surface area contributed by atoms with E-state index in [-0.39, 0.29) is 10.8 Å². The minimum atomic E-state index is -0.575. The lowest BCUT2D eigenvalue weighted by Crippen LogP contribution is -2.28. The largest absolute Gasteiger partial charge is 0.376 e. The van der Waals surface area contributed by atoms with Gasteiger partial charge < -0.3 is 16.0 Å². The molecule has 64 valence electrons. The zero-order valence-corrected chi connectivity index (χ0v) is 6.70. The second-order valence-corrected chi connectivity index (χ2v) is 2.41. The van der Waals surface area contributed by atoms with Crippen molar-refractivity contribution in [3.05, 3.63) is 27.0 Å². The van der Waals surface area contributed by atoms with Gasteiger partial charge in [0, 0.05) is 6.20 Å². The number of aromatic amines is 2. The van der Waals surface area contributed by atoms with Gasteiger partial charge in [0.05, 0.1) is 0 Å². The average Bonchev–Trinajstić information content (AvgIpc) is 1.94. The Morgan fingerprint density at radius 2 is 2.25 bits per heavy atom. The molecule has 0 saturated heterocycles. The van der Waals surface area contributed by atoms with Crippen molar-refractivity contribution in [3.63, 3.8) is 0 Å². The number of hydrogen-bond donors (Lipinski definition) is 4. The molecule has 1 aromatic heterocycles. The first-order chi connectivity index (χ1) is 5.59. The molecule has 0 aliphatic carbocycles. The molecule has 7 heteroatoms. The van der Waals surface area contributed by atoms with Crippen LogP contribution >= 0.6 is 12.2 Å². The van der Waals surface area contributed by atoms with Crippen molar-refractivity contribution in [1.82, 2.24) is 9.97 Å². The van der Waals surface area contributed by atoms with Gasteiger partial charge in [-0.25, -0.2) is 4.79 Å². The van der Waals surface area contributed by atoms with Gasteiger partial charge in [0.1, 0.15) is 5.69 Å². The maximum absolute atomic E-state index is 10.9. The minimum absolute atomic E-state index is 0.0347. The zero-order chi connectivity index (χ0) is 9.14. The highest BCUT2D eigenvalue weighted by molar-refractivity contribution is 7.80. The number of nitrogens with one attached hydrogen (secondary N) is 3. The van der Waals surface area contributed by atoms with Gasteiger partial charge in [-0.05, 0) is 12.2 Å². The Kier molecular flexibility index (Phi) is 2.24. The first-order valence-corrected chi connectivity index (χ1v) is 3.39.